The first kappa shape index (κ1) is 76.3. The van der Waals surface area contributed by atoms with Gasteiger partial charge in [0.15, 0.2) is 43.3 Å². The molecule has 11 aliphatic rings. The smallest absolute Gasteiger partial charge is 0.315 e. The van der Waals surface area contributed by atoms with Crippen LogP contribution in [0.15, 0.2) is 11.6 Å². The third-order valence-corrected chi connectivity index (χ3v) is 24.7. The Hall–Kier alpha value is -2.81. The van der Waals surface area contributed by atoms with Gasteiger partial charge in [-0.25, -0.2) is 0 Å². The molecule has 0 aromatic rings. The van der Waals surface area contributed by atoms with Crippen molar-refractivity contribution < 1.29 is 168 Å². The van der Waals surface area contributed by atoms with Crippen molar-refractivity contribution >= 4 is 17.7 Å². The summed E-state index contributed by atoms with van der Waals surface area (Å²) in [5.41, 5.74) is -9.34. The van der Waals surface area contributed by atoms with Crippen LogP contribution in [-0.2, 0) is 71.2 Å². The highest BCUT2D eigenvalue weighted by Crippen LogP contribution is 2.76. The average molecular weight is 1410 g/mol. The Kier molecular flexibility index (Phi) is 21.7. The van der Waals surface area contributed by atoms with Gasteiger partial charge in [0.1, 0.15) is 115 Å². The monoisotopic (exact) mass is 1410 g/mol. The van der Waals surface area contributed by atoms with Crippen LogP contribution in [-0.4, -0.2) is 332 Å². The Morgan fingerprint density at radius 2 is 1.15 bits per heavy atom. The van der Waals surface area contributed by atoms with E-state index in [4.69, 9.17) is 56.8 Å². The lowest BCUT2D eigenvalue weighted by molar-refractivity contribution is -0.375. The van der Waals surface area contributed by atoms with Gasteiger partial charge in [0.25, 0.3) is 0 Å². The molecule has 0 spiro atoms. The summed E-state index contributed by atoms with van der Waals surface area (Å²) >= 11 is 0. The Bertz CT molecular complexity index is 2890. The molecule has 560 valence electrons. The number of carbonyl (C=O) groups is 3. The Balaban J connectivity index is 0.766. The fourth-order valence-corrected chi connectivity index (χ4v) is 18.8. The summed E-state index contributed by atoms with van der Waals surface area (Å²) in [5.74, 6) is -5.41. The second-order valence-electron chi connectivity index (χ2n) is 31.0. The molecule has 10 fully saturated rings. The van der Waals surface area contributed by atoms with Crippen LogP contribution in [0.25, 0.3) is 0 Å². The lowest BCUT2D eigenvalue weighted by atomic mass is 9.33. The summed E-state index contributed by atoms with van der Waals surface area (Å²) in [6.45, 7) is 7.73. The van der Waals surface area contributed by atoms with E-state index < -0.39 is 285 Å². The van der Waals surface area contributed by atoms with Crippen LogP contribution in [0.4, 0.5) is 0 Å². The molecule has 6 aliphatic heterocycles. The molecule has 0 amide bonds. The van der Waals surface area contributed by atoms with E-state index in [1.807, 2.05) is 20.8 Å². The number of aliphatic carboxylic acids is 1. The maximum absolute atomic E-state index is 15.6. The number of carboxylic acids is 1. The van der Waals surface area contributed by atoms with E-state index in [9.17, 15) is 102 Å². The zero-order valence-corrected chi connectivity index (χ0v) is 55.5. The minimum absolute atomic E-state index is 0.0714. The minimum Gasteiger partial charge on any atom is -0.481 e. The minimum atomic E-state index is -2.25. The van der Waals surface area contributed by atoms with Gasteiger partial charge in [-0.15, -0.1) is 0 Å². The number of aliphatic hydroxyl groups is 18. The number of esters is 1. The predicted molar refractivity (Wildman–Crippen MR) is 318 cm³/mol. The molecule has 6 saturated heterocycles. The van der Waals surface area contributed by atoms with Crippen LogP contribution in [0.3, 0.4) is 0 Å². The van der Waals surface area contributed by atoms with Gasteiger partial charge in [-0.05, 0) is 106 Å². The van der Waals surface area contributed by atoms with Crippen molar-refractivity contribution in [2.45, 2.75) is 277 Å². The molecule has 0 radical (unpaired) electrons. The molecular weight excluding hydrogens is 1310 g/mol. The van der Waals surface area contributed by atoms with Crippen molar-refractivity contribution in [3.8, 4) is 0 Å². The number of carbonyl (C=O) groups excluding carboxylic acids is 2. The van der Waals surface area contributed by atoms with Crippen molar-refractivity contribution in [3.05, 3.63) is 11.6 Å². The van der Waals surface area contributed by atoms with E-state index in [1.165, 1.54) is 26.8 Å². The van der Waals surface area contributed by atoms with Gasteiger partial charge >= 0.3 is 11.9 Å². The second kappa shape index (κ2) is 27.9. The molecule has 34 heteroatoms. The molecule has 6 heterocycles. The Morgan fingerprint density at radius 3 is 1.79 bits per heavy atom. The summed E-state index contributed by atoms with van der Waals surface area (Å²) in [6, 6.07) is 0. The number of allylic oxidation sites excluding steroid dienone is 1. The lowest BCUT2D eigenvalue weighted by Gasteiger charge is -2.70. The molecule has 0 bridgehead atoms. The first-order chi connectivity index (χ1) is 45.8. The van der Waals surface area contributed by atoms with Gasteiger partial charge in [-0.3, -0.25) is 14.4 Å². The van der Waals surface area contributed by atoms with E-state index >= 15 is 9.59 Å². The predicted octanol–water partition coefficient (Wildman–Crippen LogP) is -6.87. The van der Waals surface area contributed by atoms with Crippen LogP contribution in [0.5, 0.6) is 0 Å². The summed E-state index contributed by atoms with van der Waals surface area (Å²) in [5, 5.41) is 209. The van der Waals surface area contributed by atoms with Crippen LogP contribution in [0, 0.1) is 50.2 Å². The number of ether oxygens (including phenoxy) is 12. The molecule has 34 nitrogen and oxygen atoms in total. The molecule has 0 aromatic heterocycles. The summed E-state index contributed by atoms with van der Waals surface area (Å²) < 4.78 is 69.7. The summed E-state index contributed by atoms with van der Waals surface area (Å²) in [4.78, 5) is 44.9. The second-order valence-corrected chi connectivity index (χ2v) is 31.0. The van der Waals surface area contributed by atoms with E-state index in [1.54, 1.807) is 6.92 Å². The van der Waals surface area contributed by atoms with Gasteiger partial charge in [0.05, 0.1) is 68.8 Å². The SMILES string of the molecule is C[C@@H]1O[C@@H](O[C@H]2[C@H](OC(=O)[C@]34CCC(C)(C)C[C@H]3C3=CC(=O)[C@@H]5[C@@]6(C)C[C@H](O)[C@H](O[C@@H]7O[C@H](CO)[C@@H](O)[C@H](O)[C@H]7O)[C@@](C)(C(=O)O)[C@@H]6CC[C@@]5(C)[C@]3(CO)CC4)O[C@H](C)[C@H](O)[C@@H]2O)[C@H](O)[C@H](O)[C@H]1O[C@@H]1OC[C@@H](O[C@@H]2OC[C@](O)(CO[C@@H]3O[C@H](CO)[C@H](O)[C@H](O)[C@H]3O)[C@H]2O)[C@H](O)[C@H]1O. The number of carboxylic acid groups (broad SMARTS) is 1. The van der Waals surface area contributed by atoms with E-state index in [0.29, 0.717) is 18.4 Å². The summed E-state index contributed by atoms with van der Waals surface area (Å²) in [6.07, 6.45) is -45.4. The van der Waals surface area contributed by atoms with E-state index in [-0.39, 0.29) is 38.5 Å². The van der Waals surface area contributed by atoms with Gasteiger partial charge in [0.2, 0.25) is 6.29 Å². The molecule has 37 atom stereocenters. The van der Waals surface area contributed by atoms with Crippen LogP contribution < -0.4 is 0 Å². The van der Waals surface area contributed by atoms with Gasteiger partial charge < -0.3 is 154 Å². The maximum Gasteiger partial charge on any atom is 0.315 e. The number of hydrogen-bond acceptors (Lipinski definition) is 33. The van der Waals surface area contributed by atoms with Gasteiger partial charge in [0, 0.05) is 11.3 Å². The Morgan fingerprint density at radius 1 is 0.582 bits per heavy atom. The van der Waals surface area contributed by atoms with E-state index in [2.05, 4.69) is 0 Å². The first-order valence-electron chi connectivity index (χ1n) is 33.7. The lowest BCUT2D eigenvalue weighted by Crippen LogP contribution is -2.72. The van der Waals surface area contributed by atoms with Gasteiger partial charge in [-0.1, -0.05) is 33.3 Å². The van der Waals surface area contributed by atoms with E-state index in [0.717, 1.165) is 0 Å². The molecule has 0 aromatic carbocycles. The Labute approximate surface area is 563 Å². The van der Waals surface area contributed by atoms with Crippen molar-refractivity contribution in [1.29, 1.82) is 0 Å². The average Bonchev–Trinajstić information content (AvgIpc) is 0.706. The first-order valence-corrected chi connectivity index (χ1v) is 33.7. The van der Waals surface area contributed by atoms with Crippen LogP contribution in [0.2, 0.25) is 0 Å². The number of aliphatic hydroxyl groups excluding tert-OH is 17. The quantitative estimate of drug-likeness (QED) is 0.0475. The molecule has 11 rings (SSSR count). The summed E-state index contributed by atoms with van der Waals surface area (Å²) in [7, 11) is 0. The normalized spacial score (nSPS) is 54.1. The molecule has 5 aliphatic carbocycles. The molecule has 4 saturated carbocycles. The largest absolute Gasteiger partial charge is 0.481 e. The van der Waals surface area contributed by atoms with Crippen molar-refractivity contribution in [2.75, 3.05) is 39.6 Å². The topological polar surface area (TPSA) is 546 Å². The molecule has 98 heavy (non-hydrogen) atoms. The van der Waals surface area contributed by atoms with Crippen molar-refractivity contribution in [2.24, 2.45) is 50.2 Å². The zero-order valence-electron chi connectivity index (χ0n) is 55.5. The van der Waals surface area contributed by atoms with Crippen molar-refractivity contribution in [1.82, 2.24) is 0 Å². The molecular formula is C64H100O34. The number of ketones is 1. The van der Waals surface area contributed by atoms with Crippen LogP contribution in [0.1, 0.15) is 99.8 Å². The highest BCUT2D eigenvalue weighted by Gasteiger charge is 2.76. The molecule has 0 unspecified atom stereocenters. The number of hydrogen-bond donors (Lipinski definition) is 19. The fourth-order valence-electron chi connectivity index (χ4n) is 18.8. The molecule has 19 N–H and O–H groups in total. The third kappa shape index (κ3) is 12.5. The number of fused-ring (bicyclic) bond motifs is 7. The third-order valence-electron chi connectivity index (χ3n) is 24.7. The fraction of sp³-hybridized carbons (Fsp3) is 0.922. The number of rotatable bonds is 17. The zero-order chi connectivity index (χ0) is 71.8. The van der Waals surface area contributed by atoms with Crippen molar-refractivity contribution in [3.63, 3.8) is 0 Å². The highest BCUT2D eigenvalue weighted by atomic mass is 16.8. The van der Waals surface area contributed by atoms with Crippen LogP contribution >= 0.6 is 0 Å². The maximum atomic E-state index is 15.6. The highest BCUT2D eigenvalue weighted by molar-refractivity contribution is 5.96. The standard InChI is InChI=1S/C64H100O34/c1-23-33(70)39(76)46(96-52-44(81)40(77)45(24(2)91-52)95-50-41(78)36(73)31(19-87-50)94-55-48(82)64(86,22-89-55)21-88-51-42(79)37(74)34(71)29(17-65)92-51)54(90-23)98-57(85)62-11-10-58(3,4)15-26(62)25-14-27(68)47-59(5)16-28(69)49(97-53-43(80)38(75)35(72)30(18-66)93-53)61(7,56(83)84)32(59)8-9-60(47,6)63(25,20-67)13-12-62/h14,23-24,26,28-55,65-67,69-82,86H,8-13,15-22H2,1-7H3,(H,83,84)/t23-,24+,26+,28+,29-,30-,31-,32-,33+,34+,35-,36+,37+,38+,39+,40+,41-,42-,43-,44-,45+,46-,47-,48+,49+,50+,51-,52+,53+,54+,55+,59+,60-,61+,62+,63+,64-/m1/s1. The van der Waals surface area contributed by atoms with Gasteiger partial charge in [-0.2, -0.15) is 0 Å².